The molecule has 3 aromatic rings. The van der Waals surface area contributed by atoms with E-state index in [9.17, 15) is 30.5 Å². The number of nitriles is 1. The van der Waals surface area contributed by atoms with Crippen LogP contribution in [0.15, 0.2) is 58.5 Å². The summed E-state index contributed by atoms with van der Waals surface area (Å²) in [6.45, 7) is 4.98. The highest BCUT2D eigenvalue weighted by atomic mass is 16.6. The molecule has 5 rings (SSSR count). The number of piperazine rings is 1. The van der Waals surface area contributed by atoms with Crippen molar-refractivity contribution in [3.8, 4) is 17.4 Å². The van der Waals surface area contributed by atoms with Crippen molar-refractivity contribution in [3.05, 3.63) is 59.9 Å². The second-order valence-electron chi connectivity index (χ2n) is 10.5. The molecule has 0 bridgehead atoms. The second-order valence-corrected chi connectivity index (χ2v) is 10.5. The van der Waals surface area contributed by atoms with Crippen LogP contribution in [0.5, 0.6) is 0 Å². The number of ether oxygens (including phenoxy) is 1. The molecule has 0 saturated carbocycles. The Balaban J connectivity index is 1.33. The fourth-order valence-electron chi connectivity index (χ4n) is 5.25. The fraction of sp³-hybridized carbons (Fsp3) is 0.400. The number of allylic oxidation sites excluding steroid dienone is 1. The lowest BCUT2D eigenvalue weighted by Gasteiger charge is -2.40. The maximum Gasteiger partial charge on any atom is 0.262 e. The summed E-state index contributed by atoms with van der Waals surface area (Å²) in [6, 6.07) is 16.3. The molecule has 0 radical (unpaired) electrons. The number of carbonyl (C=O) groups excluding carboxylic acids is 1. The first-order valence-corrected chi connectivity index (χ1v) is 13.5. The van der Waals surface area contributed by atoms with E-state index in [1.54, 1.807) is 19.1 Å². The molecule has 1 amide bonds. The van der Waals surface area contributed by atoms with E-state index in [1.807, 2.05) is 24.3 Å². The first kappa shape index (κ1) is 28.8. The number of furan rings is 1. The Kier molecular flexibility index (Phi) is 8.42. The van der Waals surface area contributed by atoms with Gasteiger partial charge in [0.2, 0.25) is 0 Å². The van der Waals surface area contributed by atoms with Gasteiger partial charge in [0.25, 0.3) is 5.91 Å². The number of benzene rings is 2. The fourth-order valence-corrected chi connectivity index (χ4v) is 5.25. The number of rotatable bonds is 6. The molecule has 11 heteroatoms. The number of anilines is 1. The van der Waals surface area contributed by atoms with Crippen LogP contribution < -0.4 is 10.2 Å². The molecular weight excluding hydrogens is 528 g/mol. The number of fused-ring (bicyclic) bond motifs is 1. The van der Waals surface area contributed by atoms with Crippen LogP contribution in [-0.4, -0.2) is 102 Å². The van der Waals surface area contributed by atoms with Crippen molar-refractivity contribution < 1.29 is 34.4 Å². The summed E-state index contributed by atoms with van der Waals surface area (Å²) in [6.07, 6.45) is -6.08. The van der Waals surface area contributed by atoms with Gasteiger partial charge in [0.1, 0.15) is 47.5 Å². The van der Waals surface area contributed by atoms with Crippen molar-refractivity contribution in [2.24, 2.45) is 0 Å². The molecule has 0 aliphatic carbocycles. The highest BCUT2D eigenvalue weighted by molar-refractivity contribution is 6.04. The number of aliphatic hydroxyl groups is 4. The van der Waals surface area contributed by atoms with Crippen molar-refractivity contribution in [1.82, 2.24) is 10.2 Å². The molecule has 2 fully saturated rings. The van der Waals surface area contributed by atoms with Crippen molar-refractivity contribution in [2.45, 2.75) is 37.6 Å². The molecule has 1 unspecified atom stereocenters. The van der Waals surface area contributed by atoms with Gasteiger partial charge >= 0.3 is 0 Å². The molecule has 2 aliphatic rings. The van der Waals surface area contributed by atoms with Gasteiger partial charge in [-0.25, -0.2) is 0 Å². The lowest BCUT2D eigenvalue weighted by molar-refractivity contribution is -0.253. The van der Waals surface area contributed by atoms with Crippen LogP contribution in [0, 0.1) is 11.3 Å². The Bertz CT molecular complexity index is 1490. The van der Waals surface area contributed by atoms with E-state index in [2.05, 4.69) is 40.4 Å². The van der Waals surface area contributed by atoms with E-state index >= 15 is 0 Å². The Labute approximate surface area is 237 Å². The van der Waals surface area contributed by atoms with Gasteiger partial charge in [0, 0.05) is 43.0 Å². The van der Waals surface area contributed by atoms with Crippen LogP contribution in [-0.2, 0) is 9.53 Å². The van der Waals surface area contributed by atoms with Crippen LogP contribution >= 0.6 is 0 Å². The third-order valence-electron chi connectivity index (χ3n) is 7.86. The molecule has 2 aromatic carbocycles. The molecule has 11 nitrogen and oxygen atoms in total. The summed E-state index contributed by atoms with van der Waals surface area (Å²) in [4.78, 5) is 17.7. The first-order chi connectivity index (χ1) is 19.7. The number of aliphatic hydroxyl groups excluding tert-OH is 4. The normalized spacial score (nSPS) is 26.0. The minimum Gasteiger partial charge on any atom is -0.456 e. The van der Waals surface area contributed by atoms with E-state index in [0.29, 0.717) is 11.5 Å². The predicted molar refractivity (Wildman–Crippen MR) is 151 cm³/mol. The van der Waals surface area contributed by atoms with Crippen molar-refractivity contribution >= 4 is 27.9 Å². The second kappa shape index (κ2) is 12.0. The molecule has 2 saturated heterocycles. The van der Waals surface area contributed by atoms with E-state index in [0.717, 1.165) is 42.5 Å². The van der Waals surface area contributed by atoms with Crippen molar-refractivity contribution in [1.29, 1.82) is 5.26 Å². The van der Waals surface area contributed by atoms with Gasteiger partial charge in [-0.05, 0) is 55.1 Å². The average molecular weight is 563 g/mol. The van der Waals surface area contributed by atoms with E-state index in [1.165, 1.54) is 5.69 Å². The number of amides is 1. The monoisotopic (exact) mass is 562 g/mol. The number of carbonyl (C=O) groups is 1. The summed E-state index contributed by atoms with van der Waals surface area (Å²) in [7, 11) is 2.14. The van der Waals surface area contributed by atoms with E-state index < -0.39 is 43.2 Å². The summed E-state index contributed by atoms with van der Waals surface area (Å²) in [5.74, 6) is -0.0171. The van der Waals surface area contributed by atoms with Gasteiger partial charge in [-0.3, -0.25) is 4.79 Å². The molecule has 216 valence electrons. The third kappa shape index (κ3) is 5.85. The Morgan fingerprint density at radius 1 is 1.02 bits per heavy atom. The number of nitrogens with one attached hydrogen (secondary N) is 1. The first-order valence-electron chi connectivity index (χ1n) is 13.5. The van der Waals surface area contributed by atoms with Crippen LogP contribution in [0.2, 0.25) is 0 Å². The topological polar surface area (TPSA) is 163 Å². The van der Waals surface area contributed by atoms with Gasteiger partial charge in [0.15, 0.2) is 6.29 Å². The average Bonchev–Trinajstić information content (AvgIpc) is 3.48. The van der Waals surface area contributed by atoms with E-state index in [4.69, 9.17) is 9.15 Å². The zero-order valence-electron chi connectivity index (χ0n) is 22.9. The molecule has 5 atom stereocenters. The minimum atomic E-state index is -1.70. The smallest absolute Gasteiger partial charge is 0.262 e. The SMILES string of the molecule is C/C(=C(/C#N)C(=O)N[C@H]1C(O)O[C@H](CO)[C@@H](O)[C@@H]1O)c1ccc(-c2ccc3cc(N4CCN(C)CC4)ccc3c2)o1. The zero-order chi connectivity index (χ0) is 29.3. The maximum absolute atomic E-state index is 12.9. The highest BCUT2D eigenvalue weighted by Gasteiger charge is 2.44. The lowest BCUT2D eigenvalue weighted by atomic mass is 9.96. The summed E-state index contributed by atoms with van der Waals surface area (Å²) in [5, 5.41) is 54.1. The van der Waals surface area contributed by atoms with Crippen LogP contribution in [0.3, 0.4) is 0 Å². The number of hydrogen-bond acceptors (Lipinski definition) is 10. The largest absolute Gasteiger partial charge is 0.456 e. The zero-order valence-corrected chi connectivity index (χ0v) is 22.9. The molecule has 5 N–H and O–H groups in total. The minimum absolute atomic E-state index is 0.253. The summed E-state index contributed by atoms with van der Waals surface area (Å²) in [5.41, 5.74) is 2.00. The van der Waals surface area contributed by atoms with Crippen molar-refractivity contribution in [3.63, 3.8) is 0 Å². The molecule has 41 heavy (non-hydrogen) atoms. The Hall–Kier alpha value is -3.76. The van der Waals surface area contributed by atoms with Crippen LogP contribution in [0.25, 0.3) is 27.7 Å². The maximum atomic E-state index is 12.9. The van der Waals surface area contributed by atoms with Crippen LogP contribution in [0.4, 0.5) is 5.69 Å². The lowest BCUT2D eigenvalue weighted by Crippen LogP contribution is -2.64. The van der Waals surface area contributed by atoms with Gasteiger partial charge in [-0.15, -0.1) is 0 Å². The van der Waals surface area contributed by atoms with Gasteiger partial charge in [0.05, 0.1) is 6.61 Å². The molecular formula is C30H34N4O7. The summed E-state index contributed by atoms with van der Waals surface area (Å²) >= 11 is 0. The van der Waals surface area contributed by atoms with Gasteiger partial charge in [-0.1, -0.05) is 18.2 Å². The van der Waals surface area contributed by atoms with Crippen LogP contribution in [0.1, 0.15) is 12.7 Å². The predicted octanol–water partition coefficient (Wildman–Crippen LogP) is 1.06. The quantitative estimate of drug-likeness (QED) is 0.217. The number of hydrogen-bond donors (Lipinski definition) is 5. The molecule has 3 heterocycles. The molecule has 2 aliphatic heterocycles. The standard InChI is InChI=1S/C30H34N4O7/c1-17(22(15-31)29(38)32-26-28(37)27(36)25(16-35)41-30(26)39)23-7-8-24(40-23)20-4-3-19-14-21(6-5-18(19)13-20)34-11-9-33(2)10-12-34/h3-8,13-14,25-28,30,35-37,39H,9-12,16H2,1-2H3,(H,32,38)/b22-17+/t25-,26-,27-,28-,30?/m1/s1. The third-order valence-corrected chi connectivity index (χ3v) is 7.86. The van der Waals surface area contributed by atoms with Gasteiger partial charge < -0.3 is 44.7 Å². The molecule has 0 spiro atoms. The van der Waals surface area contributed by atoms with E-state index in [-0.39, 0.29) is 11.1 Å². The number of nitrogens with zero attached hydrogens (tertiary/aromatic N) is 3. The molecule has 1 aromatic heterocycles. The summed E-state index contributed by atoms with van der Waals surface area (Å²) < 4.78 is 11.1. The number of likely N-dealkylation sites (N-methyl/N-ethyl adjacent to an activating group) is 1. The Morgan fingerprint density at radius 2 is 1.73 bits per heavy atom. The van der Waals surface area contributed by atoms with Gasteiger partial charge in [-0.2, -0.15) is 5.26 Å². The van der Waals surface area contributed by atoms with Crippen molar-refractivity contribution in [2.75, 3.05) is 44.7 Å². The Morgan fingerprint density at radius 3 is 2.44 bits per heavy atom. The highest BCUT2D eigenvalue weighted by Crippen LogP contribution is 2.31.